The van der Waals surface area contributed by atoms with Gasteiger partial charge < -0.3 is 19.9 Å². The van der Waals surface area contributed by atoms with Gasteiger partial charge in [-0.25, -0.2) is 9.98 Å². The minimum Gasteiger partial charge on any atom is -0.497 e. The highest BCUT2D eigenvalue weighted by atomic mass is 16.5. The van der Waals surface area contributed by atoms with Crippen LogP contribution in [0.2, 0.25) is 0 Å². The molecule has 0 radical (unpaired) electrons. The van der Waals surface area contributed by atoms with Gasteiger partial charge in [0.2, 0.25) is 5.91 Å². The van der Waals surface area contributed by atoms with Gasteiger partial charge >= 0.3 is 0 Å². The maximum absolute atomic E-state index is 12.4. The van der Waals surface area contributed by atoms with Crippen LogP contribution in [-0.2, 0) is 11.3 Å². The topological polar surface area (TPSA) is 98.7 Å². The van der Waals surface area contributed by atoms with E-state index in [9.17, 15) is 4.79 Å². The van der Waals surface area contributed by atoms with Crippen molar-refractivity contribution >= 4 is 11.9 Å². The van der Waals surface area contributed by atoms with E-state index in [1.165, 1.54) is 0 Å². The third kappa shape index (κ3) is 6.20. The number of H-pyrrole nitrogens is 1. The second-order valence-corrected chi connectivity index (χ2v) is 6.43. The van der Waals surface area contributed by atoms with E-state index in [4.69, 9.17) is 4.74 Å². The van der Waals surface area contributed by atoms with Gasteiger partial charge in [0.25, 0.3) is 0 Å². The Morgan fingerprint density at radius 1 is 1.21 bits per heavy atom. The van der Waals surface area contributed by atoms with Crippen LogP contribution in [0.1, 0.15) is 26.6 Å². The van der Waals surface area contributed by atoms with Crippen LogP contribution in [0.3, 0.4) is 0 Å². The largest absolute Gasteiger partial charge is 0.497 e. The Morgan fingerprint density at radius 2 is 1.90 bits per heavy atom. The minimum atomic E-state index is 0.0737. The molecule has 0 aliphatic heterocycles. The first-order valence-electron chi connectivity index (χ1n) is 9.85. The fourth-order valence-corrected chi connectivity index (χ4v) is 2.81. The number of hydrogen-bond donors (Lipinski definition) is 2. The molecule has 2 rings (SSSR count). The number of nitrogens with one attached hydrogen (secondary N) is 2. The van der Waals surface area contributed by atoms with Crippen molar-refractivity contribution in [3.8, 4) is 17.1 Å². The summed E-state index contributed by atoms with van der Waals surface area (Å²) >= 11 is 0. The highest BCUT2D eigenvalue weighted by molar-refractivity contribution is 5.86. The molecule has 29 heavy (non-hydrogen) atoms. The van der Waals surface area contributed by atoms with Crippen molar-refractivity contribution in [3.63, 3.8) is 0 Å². The van der Waals surface area contributed by atoms with Gasteiger partial charge in [0, 0.05) is 32.2 Å². The summed E-state index contributed by atoms with van der Waals surface area (Å²) in [5.74, 6) is 2.76. The predicted octanol–water partition coefficient (Wildman–Crippen LogP) is 1.75. The number of carbonyl (C=O) groups excluding carboxylic acids is 1. The highest BCUT2D eigenvalue weighted by Crippen LogP contribution is 2.19. The van der Waals surface area contributed by atoms with Crippen LogP contribution in [0.15, 0.2) is 29.3 Å². The molecular weight excluding hydrogens is 370 g/mol. The number of guanidine groups is 1. The zero-order valence-electron chi connectivity index (χ0n) is 17.9. The molecule has 0 saturated carbocycles. The number of methoxy groups -OCH3 is 1. The first-order chi connectivity index (χ1) is 14.0. The second kappa shape index (κ2) is 11.0. The van der Waals surface area contributed by atoms with Gasteiger partial charge in [-0.1, -0.05) is 0 Å². The van der Waals surface area contributed by atoms with Crippen molar-refractivity contribution in [1.29, 1.82) is 0 Å². The van der Waals surface area contributed by atoms with Crippen LogP contribution in [0.4, 0.5) is 0 Å². The number of rotatable bonds is 9. The number of aliphatic imine (C=N–C) groups is 1. The minimum absolute atomic E-state index is 0.0737. The van der Waals surface area contributed by atoms with Crippen LogP contribution in [0, 0.1) is 0 Å². The molecule has 0 aliphatic rings. The summed E-state index contributed by atoms with van der Waals surface area (Å²) in [6.07, 6.45) is 0. The zero-order chi connectivity index (χ0) is 21.2. The summed E-state index contributed by atoms with van der Waals surface area (Å²) in [5, 5.41) is 10.4. The lowest BCUT2D eigenvalue weighted by atomic mass is 10.2. The number of hydrogen-bond acceptors (Lipinski definition) is 5. The van der Waals surface area contributed by atoms with Crippen LogP contribution < -0.4 is 10.1 Å². The summed E-state index contributed by atoms with van der Waals surface area (Å²) in [6.45, 7) is 8.64. The number of likely N-dealkylation sites (N-methyl/N-ethyl adjacent to an activating group) is 2. The quantitative estimate of drug-likeness (QED) is 0.491. The van der Waals surface area contributed by atoms with Crippen molar-refractivity contribution < 1.29 is 9.53 Å². The first-order valence-corrected chi connectivity index (χ1v) is 9.85. The third-order valence-corrected chi connectivity index (χ3v) is 4.44. The molecule has 1 amide bonds. The fraction of sp³-hybridized carbons (Fsp3) is 0.500. The third-order valence-electron chi connectivity index (χ3n) is 4.44. The second-order valence-electron chi connectivity index (χ2n) is 6.43. The molecule has 0 atom stereocenters. The average molecular weight is 402 g/mol. The average Bonchev–Trinajstić information content (AvgIpc) is 3.21. The Bertz CT molecular complexity index is 797. The Labute approximate surface area is 172 Å². The molecule has 9 nitrogen and oxygen atoms in total. The van der Waals surface area contributed by atoms with E-state index in [2.05, 4.69) is 25.5 Å². The van der Waals surface area contributed by atoms with Crippen molar-refractivity contribution in [3.05, 3.63) is 30.1 Å². The molecule has 0 spiro atoms. The number of nitrogens with zero attached hydrogens (tertiary/aromatic N) is 5. The van der Waals surface area contributed by atoms with Crippen LogP contribution in [0.25, 0.3) is 11.4 Å². The first kappa shape index (κ1) is 22.2. The van der Waals surface area contributed by atoms with Gasteiger partial charge in [0.15, 0.2) is 11.8 Å². The lowest BCUT2D eigenvalue weighted by molar-refractivity contribution is -0.131. The van der Waals surface area contributed by atoms with Crippen LogP contribution in [-0.4, -0.2) is 77.2 Å². The molecule has 1 aromatic carbocycles. The molecule has 0 fully saturated rings. The number of ether oxygens (including phenoxy) is 1. The smallest absolute Gasteiger partial charge is 0.242 e. The number of benzene rings is 1. The Hall–Kier alpha value is -3.10. The van der Waals surface area contributed by atoms with Crippen LogP contribution >= 0.6 is 0 Å². The molecule has 1 heterocycles. The number of amides is 1. The highest BCUT2D eigenvalue weighted by Gasteiger charge is 2.15. The SMILES string of the molecule is CCNC(=NCc1nc(-c2ccc(OC)cc2)n[nH]1)N(C)CC(=O)N(CC)CC. The standard InChI is InChI=1S/C20H31N7O2/c1-6-21-20(26(4)14-18(28)27(7-2)8-3)22-13-17-23-19(25-24-17)15-9-11-16(29-5)12-10-15/h9-12H,6-8,13-14H2,1-5H3,(H,21,22)(H,23,24,25). The Morgan fingerprint density at radius 3 is 2.48 bits per heavy atom. The van der Waals surface area contributed by atoms with Gasteiger partial charge in [0.1, 0.15) is 18.1 Å². The molecule has 2 aromatic rings. The Kier molecular flexibility index (Phi) is 8.45. The lowest BCUT2D eigenvalue weighted by Crippen LogP contribution is -2.45. The predicted molar refractivity (Wildman–Crippen MR) is 114 cm³/mol. The summed E-state index contributed by atoms with van der Waals surface area (Å²) in [4.78, 5) is 25.1. The van der Waals surface area contributed by atoms with E-state index < -0.39 is 0 Å². The number of carbonyl (C=O) groups is 1. The van der Waals surface area contributed by atoms with Crippen LogP contribution in [0.5, 0.6) is 5.75 Å². The van der Waals surface area contributed by atoms with E-state index in [1.54, 1.807) is 12.0 Å². The van der Waals surface area contributed by atoms with Crippen molar-refractivity contribution in [2.75, 3.05) is 40.3 Å². The lowest BCUT2D eigenvalue weighted by Gasteiger charge is -2.25. The molecule has 0 unspecified atom stereocenters. The van der Waals surface area contributed by atoms with Crippen molar-refractivity contribution in [2.24, 2.45) is 4.99 Å². The summed E-state index contributed by atoms with van der Waals surface area (Å²) in [6, 6.07) is 7.56. The number of aromatic amines is 1. The van der Waals surface area contributed by atoms with Gasteiger partial charge in [-0.3, -0.25) is 9.89 Å². The van der Waals surface area contributed by atoms with Crippen molar-refractivity contribution in [1.82, 2.24) is 30.3 Å². The maximum atomic E-state index is 12.4. The van der Waals surface area contributed by atoms with Gasteiger partial charge in [-0.2, -0.15) is 5.10 Å². The van der Waals surface area contributed by atoms with E-state index in [0.717, 1.165) is 11.3 Å². The molecule has 158 valence electrons. The molecule has 1 aromatic heterocycles. The van der Waals surface area contributed by atoms with E-state index in [1.807, 2.05) is 57.0 Å². The van der Waals surface area contributed by atoms with E-state index in [-0.39, 0.29) is 12.5 Å². The Balaban J connectivity index is 2.05. The van der Waals surface area contributed by atoms with Gasteiger partial charge in [-0.15, -0.1) is 0 Å². The molecular formula is C20H31N7O2. The fourth-order valence-electron chi connectivity index (χ4n) is 2.81. The molecule has 0 aliphatic carbocycles. The number of aromatic nitrogens is 3. The molecule has 0 saturated heterocycles. The van der Waals surface area contributed by atoms with E-state index >= 15 is 0 Å². The molecule has 0 bridgehead atoms. The zero-order valence-corrected chi connectivity index (χ0v) is 17.9. The summed E-state index contributed by atoms with van der Waals surface area (Å²) in [7, 11) is 3.48. The summed E-state index contributed by atoms with van der Waals surface area (Å²) < 4.78 is 5.17. The maximum Gasteiger partial charge on any atom is 0.242 e. The van der Waals surface area contributed by atoms with Gasteiger partial charge in [0.05, 0.1) is 13.7 Å². The van der Waals surface area contributed by atoms with Crippen molar-refractivity contribution in [2.45, 2.75) is 27.3 Å². The molecule has 9 heteroatoms. The normalized spacial score (nSPS) is 11.3. The van der Waals surface area contributed by atoms with E-state index in [0.29, 0.717) is 43.8 Å². The molecule has 2 N–H and O–H groups in total. The summed E-state index contributed by atoms with van der Waals surface area (Å²) in [5.41, 5.74) is 0.895. The monoisotopic (exact) mass is 401 g/mol. The van der Waals surface area contributed by atoms with Gasteiger partial charge in [-0.05, 0) is 45.0 Å².